The van der Waals surface area contributed by atoms with E-state index in [0.717, 1.165) is 18.2 Å². The molecule has 2 heterocycles. The second-order valence-corrected chi connectivity index (χ2v) is 5.58. The molecule has 0 saturated heterocycles. The van der Waals surface area contributed by atoms with Gasteiger partial charge < -0.3 is 5.32 Å². The monoisotopic (exact) mass is 284 g/mol. The summed E-state index contributed by atoms with van der Waals surface area (Å²) in [6.07, 6.45) is 6.77. The topological polar surface area (TPSA) is 24.9 Å². The number of rotatable bonds is 1. The lowest BCUT2D eigenvalue weighted by atomic mass is 9.78. The Hall–Kier alpha value is -2.23. The zero-order valence-electron chi connectivity index (χ0n) is 11.3. The highest BCUT2D eigenvalue weighted by Crippen LogP contribution is 2.50. The molecule has 3 atom stereocenters. The summed E-state index contributed by atoms with van der Waals surface area (Å²) < 4.78 is 27.7. The summed E-state index contributed by atoms with van der Waals surface area (Å²) in [4.78, 5) is 4.40. The van der Waals surface area contributed by atoms with Crippen LogP contribution in [0.1, 0.15) is 29.6 Å². The molecule has 0 saturated carbocycles. The first-order valence-electron chi connectivity index (χ1n) is 7.07. The molecule has 2 nitrogen and oxygen atoms in total. The number of halogens is 2. The van der Waals surface area contributed by atoms with Crippen LogP contribution in [0, 0.1) is 17.6 Å². The molecule has 0 bridgehead atoms. The van der Waals surface area contributed by atoms with E-state index in [1.807, 2.05) is 18.2 Å². The van der Waals surface area contributed by atoms with Crippen LogP contribution in [0.3, 0.4) is 0 Å². The minimum Gasteiger partial charge on any atom is -0.374 e. The first-order chi connectivity index (χ1) is 10.2. The molecule has 2 aromatic rings. The standard InChI is InChI=1S/C17H14F2N2/c18-10-8-13-11-4-3-5-12(11)17(15-6-1-2-7-20-15)21-16(13)14(19)9-10/h1-4,6-9,11-12,17,21H,5H2/t11-,12-,17+/m0/s1. The van der Waals surface area contributed by atoms with Gasteiger partial charge in [0.15, 0.2) is 0 Å². The van der Waals surface area contributed by atoms with Gasteiger partial charge in [-0.2, -0.15) is 0 Å². The lowest BCUT2D eigenvalue weighted by Gasteiger charge is -2.37. The molecule has 1 aromatic heterocycles. The fraction of sp³-hybridized carbons (Fsp3) is 0.235. The second-order valence-electron chi connectivity index (χ2n) is 5.58. The van der Waals surface area contributed by atoms with Gasteiger partial charge >= 0.3 is 0 Å². The number of allylic oxidation sites excluding steroid dienone is 2. The summed E-state index contributed by atoms with van der Waals surface area (Å²) >= 11 is 0. The van der Waals surface area contributed by atoms with Gasteiger partial charge in [0.2, 0.25) is 0 Å². The third-order valence-corrected chi connectivity index (χ3v) is 4.39. The Morgan fingerprint density at radius 2 is 2.10 bits per heavy atom. The van der Waals surface area contributed by atoms with Gasteiger partial charge in [0, 0.05) is 18.2 Å². The minimum atomic E-state index is -0.537. The van der Waals surface area contributed by atoms with Gasteiger partial charge in [-0.25, -0.2) is 8.78 Å². The van der Waals surface area contributed by atoms with Crippen LogP contribution in [0.4, 0.5) is 14.5 Å². The zero-order valence-corrected chi connectivity index (χ0v) is 11.3. The molecule has 4 heteroatoms. The lowest BCUT2D eigenvalue weighted by Crippen LogP contribution is -2.30. The van der Waals surface area contributed by atoms with Gasteiger partial charge in [-0.15, -0.1) is 0 Å². The SMILES string of the molecule is Fc1cc(F)c2c(c1)[C@H]1C=CC[C@@H]1[C@H](c1ccccn1)N2. The Kier molecular flexibility index (Phi) is 2.77. The highest BCUT2D eigenvalue weighted by molar-refractivity contribution is 5.60. The van der Waals surface area contributed by atoms with Crippen molar-refractivity contribution in [3.05, 3.63) is 71.6 Å². The largest absolute Gasteiger partial charge is 0.374 e. The van der Waals surface area contributed by atoms with E-state index in [1.54, 1.807) is 6.20 Å². The van der Waals surface area contributed by atoms with Crippen molar-refractivity contribution in [2.24, 2.45) is 5.92 Å². The molecular formula is C17H14F2N2. The zero-order chi connectivity index (χ0) is 14.4. The summed E-state index contributed by atoms with van der Waals surface area (Å²) in [5.74, 6) is -0.778. The minimum absolute atomic E-state index is 0.0402. The number of nitrogens with one attached hydrogen (secondary N) is 1. The molecule has 1 N–H and O–H groups in total. The van der Waals surface area contributed by atoms with Crippen molar-refractivity contribution in [2.45, 2.75) is 18.4 Å². The molecule has 1 aliphatic carbocycles. The van der Waals surface area contributed by atoms with Crippen LogP contribution in [0.2, 0.25) is 0 Å². The fourth-order valence-corrected chi connectivity index (χ4v) is 3.47. The Bertz CT molecular complexity index is 712. The molecule has 1 aliphatic heterocycles. The first kappa shape index (κ1) is 12.5. The van der Waals surface area contributed by atoms with Gasteiger partial charge in [0.05, 0.1) is 17.4 Å². The second kappa shape index (κ2) is 4.65. The van der Waals surface area contributed by atoms with Gasteiger partial charge in [0.25, 0.3) is 0 Å². The van der Waals surface area contributed by atoms with Gasteiger partial charge in [-0.3, -0.25) is 4.98 Å². The molecule has 21 heavy (non-hydrogen) atoms. The van der Waals surface area contributed by atoms with Crippen molar-refractivity contribution in [2.75, 3.05) is 5.32 Å². The first-order valence-corrected chi connectivity index (χ1v) is 7.07. The molecule has 0 radical (unpaired) electrons. The van der Waals surface area contributed by atoms with Gasteiger partial charge in [-0.1, -0.05) is 18.2 Å². The number of hydrogen-bond acceptors (Lipinski definition) is 2. The van der Waals surface area contributed by atoms with Crippen LogP contribution in [-0.2, 0) is 0 Å². The summed E-state index contributed by atoms with van der Waals surface area (Å²) in [6, 6.07) is 8.05. The number of fused-ring (bicyclic) bond motifs is 3. The Morgan fingerprint density at radius 3 is 2.90 bits per heavy atom. The summed E-state index contributed by atoms with van der Waals surface area (Å²) in [7, 11) is 0. The predicted octanol–water partition coefficient (Wildman–Crippen LogP) is 4.19. The third kappa shape index (κ3) is 1.94. The number of pyridine rings is 1. The van der Waals surface area contributed by atoms with E-state index in [2.05, 4.69) is 22.5 Å². The molecule has 2 aliphatic rings. The third-order valence-electron chi connectivity index (χ3n) is 4.39. The average molecular weight is 284 g/mol. The van der Waals surface area contributed by atoms with Crippen LogP contribution in [0.25, 0.3) is 0 Å². The molecule has 1 aromatic carbocycles. The lowest BCUT2D eigenvalue weighted by molar-refractivity contribution is 0.412. The van der Waals surface area contributed by atoms with Crippen molar-refractivity contribution in [1.29, 1.82) is 0 Å². The number of aromatic nitrogens is 1. The maximum atomic E-state index is 14.1. The van der Waals surface area contributed by atoms with Crippen LogP contribution in [0.5, 0.6) is 0 Å². The van der Waals surface area contributed by atoms with Crippen molar-refractivity contribution in [3.8, 4) is 0 Å². The number of nitrogens with zero attached hydrogens (tertiary/aromatic N) is 1. The Balaban J connectivity index is 1.84. The van der Waals surface area contributed by atoms with E-state index in [1.165, 1.54) is 6.07 Å². The molecule has 0 fully saturated rings. The highest BCUT2D eigenvalue weighted by Gasteiger charge is 2.39. The van der Waals surface area contributed by atoms with Crippen LogP contribution in [-0.4, -0.2) is 4.98 Å². The van der Waals surface area contributed by atoms with E-state index < -0.39 is 11.6 Å². The molecule has 0 spiro atoms. The van der Waals surface area contributed by atoms with Gasteiger partial charge in [-0.05, 0) is 36.1 Å². The maximum absolute atomic E-state index is 14.1. The highest BCUT2D eigenvalue weighted by atomic mass is 19.1. The fourth-order valence-electron chi connectivity index (χ4n) is 3.47. The number of hydrogen-bond donors (Lipinski definition) is 1. The smallest absolute Gasteiger partial charge is 0.149 e. The van der Waals surface area contributed by atoms with E-state index in [-0.39, 0.29) is 17.9 Å². The van der Waals surface area contributed by atoms with Crippen LogP contribution in [0.15, 0.2) is 48.7 Å². The Morgan fingerprint density at radius 1 is 1.19 bits per heavy atom. The number of anilines is 1. The summed E-state index contributed by atoms with van der Waals surface area (Å²) in [6.45, 7) is 0. The summed E-state index contributed by atoms with van der Waals surface area (Å²) in [5.41, 5.74) is 2.00. The van der Waals surface area contributed by atoms with E-state index in [9.17, 15) is 8.78 Å². The maximum Gasteiger partial charge on any atom is 0.149 e. The normalized spacial score (nSPS) is 26.1. The van der Waals surface area contributed by atoms with E-state index in [0.29, 0.717) is 11.3 Å². The number of benzene rings is 1. The Labute approximate surface area is 121 Å². The summed E-state index contributed by atoms with van der Waals surface area (Å²) in [5, 5.41) is 3.24. The molecule has 0 amide bonds. The van der Waals surface area contributed by atoms with Gasteiger partial charge in [0.1, 0.15) is 11.6 Å². The van der Waals surface area contributed by atoms with Crippen LogP contribution >= 0.6 is 0 Å². The van der Waals surface area contributed by atoms with Crippen molar-refractivity contribution >= 4 is 5.69 Å². The molecular weight excluding hydrogens is 270 g/mol. The van der Waals surface area contributed by atoms with Crippen molar-refractivity contribution in [1.82, 2.24) is 4.98 Å². The molecule has 106 valence electrons. The van der Waals surface area contributed by atoms with E-state index >= 15 is 0 Å². The van der Waals surface area contributed by atoms with Crippen molar-refractivity contribution in [3.63, 3.8) is 0 Å². The van der Waals surface area contributed by atoms with Crippen LogP contribution < -0.4 is 5.32 Å². The quantitative estimate of drug-likeness (QED) is 0.794. The molecule has 4 rings (SSSR count). The average Bonchev–Trinajstić information content (AvgIpc) is 2.97. The van der Waals surface area contributed by atoms with E-state index in [4.69, 9.17) is 0 Å². The predicted molar refractivity (Wildman–Crippen MR) is 76.9 cm³/mol. The van der Waals surface area contributed by atoms with Crippen molar-refractivity contribution < 1.29 is 8.78 Å². The molecule has 0 unspecified atom stereocenters.